The van der Waals surface area contributed by atoms with Crippen LogP contribution in [0.25, 0.3) is 5.69 Å². The molecule has 1 aromatic heterocycles. The van der Waals surface area contributed by atoms with Crippen LogP contribution in [0, 0.1) is 5.82 Å². The molecule has 7 heteroatoms. The van der Waals surface area contributed by atoms with E-state index in [2.05, 4.69) is 15.4 Å². The Hall–Kier alpha value is -2.67. The zero-order valence-electron chi connectivity index (χ0n) is 14.8. The van der Waals surface area contributed by atoms with Crippen molar-refractivity contribution in [2.24, 2.45) is 0 Å². The zero-order chi connectivity index (χ0) is 18.8. The molecule has 2 aromatic carbocycles. The van der Waals surface area contributed by atoms with Gasteiger partial charge in [0.25, 0.3) is 0 Å². The molecule has 1 saturated carbocycles. The lowest BCUT2D eigenvalue weighted by Crippen LogP contribution is -2.23. The third-order valence-corrected chi connectivity index (χ3v) is 5.29. The predicted octanol–water partition coefficient (Wildman–Crippen LogP) is 4.40. The van der Waals surface area contributed by atoms with E-state index in [1.807, 2.05) is 35.0 Å². The number of benzene rings is 2. The van der Waals surface area contributed by atoms with Gasteiger partial charge in [-0.25, -0.2) is 14.1 Å². The summed E-state index contributed by atoms with van der Waals surface area (Å²) in [6.07, 6.45) is 2.22. The first-order valence-electron chi connectivity index (χ1n) is 8.86. The van der Waals surface area contributed by atoms with Crippen molar-refractivity contribution in [3.05, 3.63) is 66.2 Å². The summed E-state index contributed by atoms with van der Waals surface area (Å²) in [6, 6.07) is 16.0. The van der Waals surface area contributed by atoms with Gasteiger partial charge >= 0.3 is 0 Å². The number of nitrogens with one attached hydrogen (secondary N) is 1. The summed E-state index contributed by atoms with van der Waals surface area (Å²) in [7, 11) is 0. The molecule has 1 amide bonds. The third kappa shape index (κ3) is 4.03. The van der Waals surface area contributed by atoms with Crippen molar-refractivity contribution in [3.63, 3.8) is 0 Å². The van der Waals surface area contributed by atoms with Gasteiger partial charge in [-0.05, 0) is 44.0 Å². The van der Waals surface area contributed by atoms with Gasteiger partial charge in [-0.15, -0.1) is 5.10 Å². The number of nitrogens with zero attached hydrogens (tertiary/aromatic N) is 3. The molecule has 1 aliphatic carbocycles. The largest absolute Gasteiger partial charge is 0.323 e. The van der Waals surface area contributed by atoms with Crippen molar-refractivity contribution in [2.75, 3.05) is 5.32 Å². The summed E-state index contributed by atoms with van der Waals surface area (Å²) >= 11 is 1.27. The minimum Gasteiger partial charge on any atom is -0.323 e. The minimum absolute atomic E-state index is 0.177. The second-order valence-corrected chi connectivity index (χ2v) is 7.81. The first kappa shape index (κ1) is 17.7. The quantitative estimate of drug-likeness (QED) is 0.642. The van der Waals surface area contributed by atoms with Gasteiger partial charge in [0.05, 0.1) is 16.6 Å². The molecule has 0 bridgehead atoms. The van der Waals surface area contributed by atoms with Gasteiger partial charge in [-0.3, -0.25) is 4.79 Å². The SMILES string of the molecule is C[C@H](Sc1nc(C2CC2)n(-c2ccccc2)n1)C(=O)Nc1ccccc1F. The first-order chi connectivity index (χ1) is 13.1. The molecule has 0 unspecified atom stereocenters. The highest BCUT2D eigenvalue weighted by molar-refractivity contribution is 8.00. The molecule has 4 rings (SSSR count). The number of carbonyl (C=O) groups is 1. The Kier molecular flexibility index (Phi) is 4.94. The van der Waals surface area contributed by atoms with E-state index in [4.69, 9.17) is 0 Å². The van der Waals surface area contributed by atoms with Crippen molar-refractivity contribution in [2.45, 2.75) is 36.1 Å². The van der Waals surface area contributed by atoms with Crippen LogP contribution in [0.2, 0.25) is 0 Å². The second-order valence-electron chi connectivity index (χ2n) is 6.50. The number of anilines is 1. The molecule has 138 valence electrons. The first-order valence-corrected chi connectivity index (χ1v) is 9.74. The van der Waals surface area contributed by atoms with E-state index in [-0.39, 0.29) is 11.6 Å². The van der Waals surface area contributed by atoms with Crippen LogP contribution in [0.15, 0.2) is 59.8 Å². The van der Waals surface area contributed by atoms with E-state index in [1.165, 1.54) is 23.9 Å². The van der Waals surface area contributed by atoms with Crippen molar-refractivity contribution in [1.82, 2.24) is 14.8 Å². The molecule has 0 spiro atoms. The van der Waals surface area contributed by atoms with Gasteiger partial charge in [0.1, 0.15) is 11.6 Å². The van der Waals surface area contributed by atoms with Crippen LogP contribution in [0.5, 0.6) is 0 Å². The summed E-state index contributed by atoms with van der Waals surface area (Å²) in [4.78, 5) is 17.1. The molecular weight excluding hydrogens is 363 g/mol. The Labute approximate surface area is 161 Å². The Bertz CT molecular complexity index is 956. The summed E-state index contributed by atoms with van der Waals surface area (Å²) in [5.41, 5.74) is 1.14. The van der Waals surface area contributed by atoms with Gasteiger partial charge in [0.15, 0.2) is 0 Å². The fourth-order valence-corrected chi connectivity index (χ4v) is 3.49. The molecule has 1 heterocycles. The maximum atomic E-state index is 13.7. The van der Waals surface area contributed by atoms with Crippen LogP contribution in [-0.2, 0) is 4.79 Å². The van der Waals surface area contributed by atoms with Crippen LogP contribution in [0.4, 0.5) is 10.1 Å². The number of halogens is 1. The van der Waals surface area contributed by atoms with Crippen molar-refractivity contribution in [3.8, 4) is 5.69 Å². The summed E-state index contributed by atoms with van der Waals surface area (Å²) in [5.74, 6) is 0.625. The Morgan fingerprint density at radius 2 is 1.89 bits per heavy atom. The number of aromatic nitrogens is 3. The maximum Gasteiger partial charge on any atom is 0.237 e. The van der Waals surface area contributed by atoms with Gasteiger partial charge in [-0.1, -0.05) is 42.1 Å². The van der Waals surface area contributed by atoms with E-state index in [9.17, 15) is 9.18 Å². The van der Waals surface area contributed by atoms with E-state index in [0.717, 1.165) is 24.4 Å². The molecule has 3 aromatic rings. The monoisotopic (exact) mass is 382 g/mol. The molecule has 5 nitrogen and oxygen atoms in total. The normalized spacial score (nSPS) is 14.7. The lowest BCUT2D eigenvalue weighted by atomic mass is 10.3. The molecule has 1 N–H and O–H groups in total. The van der Waals surface area contributed by atoms with Gasteiger partial charge in [0.2, 0.25) is 11.1 Å². The van der Waals surface area contributed by atoms with E-state index >= 15 is 0 Å². The summed E-state index contributed by atoms with van der Waals surface area (Å²) < 4.78 is 15.6. The zero-order valence-corrected chi connectivity index (χ0v) is 15.6. The van der Waals surface area contributed by atoms with Crippen LogP contribution in [0.1, 0.15) is 31.5 Å². The number of hydrogen-bond donors (Lipinski definition) is 1. The molecule has 0 radical (unpaired) electrons. The summed E-state index contributed by atoms with van der Waals surface area (Å²) in [6.45, 7) is 1.76. The van der Waals surface area contributed by atoms with E-state index in [1.54, 1.807) is 19.1 Å². The highest BCUT2D eigenvalue weighted by Gasteiger charge is 2.31. The molecule has 0 aliphatic heterocycles. The van der Waals surface area contributed by atoms with E-state index in [0.29, 0.717) is 11.1 Å². The number of para-hydroxylation sites is 2. The lowest BCUT2D eigenvalue weighted by molar-refractivity contribution is -0.115. The molecule has 1 aliphatic rings. The van der Waals surface area contributed by atoms with Crippen LogP contribution in [-0.4, -0.2) is 25.9 Å². The Morgan fingerprint density at radius 1 is 1.19 bits per heavy atom. The second kappa shape index (κ2) is 7.52. The number of hydrogen-bond acceptors (Lipinski definition) is 4. The topological polar surface area (TPSA) is 59.8 Å². The van der Waals surface area contributed by atoms with Crippen molar-refractivity contribution >= 4 is 23.4 Å². The fraction of sp³-hybridized carbons (Fsp3) is 0.250. The van der Waals surface area contributed by atoms with E-state index < -0.39 is 11.1 Å². The minimum atomic E-state index is -0.455. The average Bonchev–Trinajstić information content (AvgIpc) is 3.44. The maximum absolute atomic E-state index is 13.7. The number of amides is 1. The number of thioether (sulfide) groups is 1. The Balaban J connectivity index is 1.50. The standard InChI is InChI=1S/C20H19FN4OS/c1-13(19(26)22-17-10-6-5-9-16(17)21)27-20-23-18(14-11-12-14)25(24-20)15-7-3-2-4-8-15/h2-10,13-14H,11-12H2,1H3,(H,22,26)/t13-/m0/s1. The lowest BCUT2D eigenvalue weighted by Gasteiger charge is -2.10. The van der Waals surface area contributed by atoms with Gasteiger partial charge < -0.3 is 5.32 Å². The number of carbonyl (C=O) groups excluding carboxylic acids is 1. The third-order valence-electron chi connectivity index (χ3n) is 4.34. The van der Waals surface area contributed by atoms with Crippen molar-refractivity contribution in [1.29, 1.82) is 0 Å². The van der Waals surface area contributed by atoms with Gasteiger partial charge in [-0.2, -0.15) is 0 Å². The molecule has 1 fully saturated rings. The predicted molar refractivity (Wildman–Crippen MR) is 104 cm³/mol. The number of rotatable bonds is 6. The fourth-order valence-electron chi connectivity index (χ4n) is 2.73. The van der Waals surface area contributed by atoms with Gasteiger partial charge in [0, 0.05) is 5.92 Å². The molecule has 0 saturated heterocycles. The van der Waals surface area contributed by atoms with Crippen molar-refractivity contribution < 1.29 is 9.18 Å². The average molecular weight is 382 g/mol. The smallest absolute Gasteiger partial charge is 0.237 e. The summed E-state index contributed by atoms with van der Waals surface area (Å²) in [5, 5.41) is 7.32. The molecule has 1 atom stereocenters. The highest BCUT2D eigenvalue weighted by Crippen LogP contribution is 2.40. The van der Waals surface area contributed by atoms with Crippen LogP contribution in [0.3, 0.4) is 0 Å². The molecule has 27 heavy (non-hydrogen) atoms. The van der Waals surface area contributed by atoms with Crippen LogP contribution >= 0.6 is 11.8 Å². The Morgan fingerprint density at radius 3 is 2.59 bits per heavy atom. The molecular formula is C20H19FN4OS. The highest BCUT2D eigenvalue weighted by atomic mass is 32.2. The van der Waals surface area contributed by atoms with Crippen LogP contribution < -0.4 is 5.32 Å².